The second-order valence-corrected chi connectivity index (χ2v) is 22.0. The molecular formula is C60H80N6O9. The van der Waals surface area contributed by atoms with Gasteiger partial charge in [-0.15, -0.1) is 0 Å². The van der Waals surface area contributed by atoms with Gasteiger partial charge in [-0.2, -0.15) is 0 Å². The number of aliphatic imine (C=N–C) groups is 1. The quantitative estimate of drug-likeness (QED) is 0.0511. The number of benzene rings is 3. The Bertz CT molecular complexity index is 2700. The van der Waals surface area contributed by atoms with Gasteiger partial charge in [-0.25, -0.2) is 0 Å². The molecule has 4 aliphatic rings. The van der Waals surface area contributed by atoms with E-state index in [4.69, 9.17) is 17.2 Å². The average molecular weight is 1030 g/mol. The number of aromatic hydroxyl groups is 1. The number of nitrogens with two attached hydrogens (primary N) is 3. The fourth-order valence-corrected chi connectivity index (χ4v) is 12.7. The lowest BCUT2D eigenvalue weighted by Crippen LogP contribution is -2.59. The fourth-order valence-electron chi connectivity index (χ4n) is 12.7. The summed E-state index contributed by atoms with van der Waals surface area (Å²) in [6.07, 6.45) is 5.29. The van der Waals surface area contributed by atoms with Crippen LogP contribution in [0.1, 0.15) is 124 Å². The summed E-state index contributed by atoms with van der Waals surface area (Å²) < 4.78 is 0. The summed E-state index contributed by atoms with van der Waals surface area (Å²) in [4.78, 5) is 33.5. The molecule has 2 bridgehead atoms. The number of phenols is 1. The van der Waals surface area contributed by atoms with E-state index in [1.807, 2.05) is 56.3 Å². The van der Waals surface area contributed by atoms with Gasteiger partial charge in [-0.1, -0.05) is 96.6 Å². The van der Waals surface area contributed by atoms with E-state index in [2.05, 4.69) is 22.2 Å². The number of fused-ring (bicyclic) bond motifs is 4. The van der Waals surface area contributed by atoms with Crippen LogP contribution in [0, 0.1) is 23.2 Å². The molecule has 2 aliphatic carbocycles. The van der Waals surface area contributed by atoms with Crippen molar-refractivity contribution in [2.45, 2.75) is 140 Å². The van der Waals surface area contributed by atoms with Crippen LogP contribution in [0.25, 0.3) is 0 Å². The van der Waals surface area contributed by atoms with Crippen molar-refractivity contribution in [3.8, 4) is 5.75 Å². The molecule has 15 nitrogen and oxygen atoms in total. The Hall–Kier alpha value is -5.75. The number of carbonyl (C=O) groups is 2. The number of nitrogens with zero attached hydrogens (tertiary/aromatic N) is 1. The SMILES string of the molecule is C=C(/C=C/C=C(/CO)[C@H]1CC[C@@]2([C@@H]3CC[C@H](O)Cc4cccc(c4)C[C@H]([C@H](CN=C(N)N)c4ccc(O)cc4)[C@H](O)CN[C@H]4C(=O)N[C@@H](N)c5cccc(c54)CC(=O)/C(C)=C/3CC[C@@]2(C)O)[C@@H]1O)[C@H](O)CC=C(C)C. The summed E-state index contributed by atoms with van der Waals surface area (Å²) in [6.45, 7) is 11.2. The molecule has 2 saturated carbocycles. The van der Waals surface area contributed by atoms with Gasteiger partial charge in [0, 0.05) is 36.8 Å². The Kier molecular flexibility index (Phi) is 18.6. The smallest absolute Gasteiger partial charge is 0.243 e. The Labute approximate surface area is 441 Å². The maximum atomic E-state index is 15.0. The number of hydrogen-bond acceptors (Lipinski definition) is 12. The lowest BCUT2D eigenvalue weighted by atomic mass is 9.52. The number of aliphatic hydroxyl groups is 6. The first kappa shape index (κ1) is 57.0. The number of nitrogens with one attached hydrogen (secondary N) is 2. The highest BCUT2D eigenvalue weighted by Crippen LogP contribution is 2.63. The maximum absolute atomic E-state index is 15.0. The predicted molar refractivity (Wildman–Crippen MR) is 292 cm³/mol. The van der Waals surface area contributed by atoms with Crippen LogP contribution in [-0.2, 0) is 28.9 Å². The standard InChI is InChI=1S/C60H80N6O9/c1-34(2)15-22-50(70)35(3)9-6-13-41(33-67)45-24-26-60(55(45)73)49-21-20-43(69)28-37-10-7-11-38(27-37)29-47(48(31-65-58(62)63)39-16-18-42(68)19-17-39)52(72)32-64-54-53-40(12-8-14-46(53)56(61)66-57(54)74)30-51(71)36(4)44(49)23-25-59(60,5)75/h6-19,27,43,45,47-50,52,54-56,64,67-70,72-73,75H,3,20-26,28-33,61H2,1-2,4-5H3,(H,66,74)(H4,62,63,65)/b9-6+,41-13-,44-36+/t43-,45+,47+,48+,49+,50+,52+,54+,55+,56+,59+,60+/m0/s1. The Morgan fingerprint density at radius 2 is 1.68 bits per heavy atom. The van der Waals surface area contributed by atoms with E-state index >= 15 is 4.79 Å². The summed E-state index contributed by atoms with van der Waals surface area (Å²) in [7, 11) is 0. The second kappa shape index (κ2) is 24.5. The Morgan fingerprint density at radius 1 is 0.973 bits per heavy atom. The number of β-amino-alcohol motifs (C(OH)–C–C–N with tert-alkyl or cyclic N) is 1. The van der Waals surface area contributed by atoms with Gasteiger partial charge in [0.25, 0.3) is 0 Å². The van der Waals surface area contributed by atoms with Crippen LogP contribution in [0.5, 0.6) is 5.75 Å². The van der Waals surface area contributed by atoms with Gasteiger partial charge in [-0.05, 0) is 160 Å². The molecule has 404 valence electrons. The minimum Gasteiger partial charge on any atom is -0.508 e. The number of hydrogen-bond donors (Lipinski definition) is 12. The average Bonchev–Trinajstić information content (AvgIpc) is 3.71. The molecule has 2 heterocycles. The normalized spacial score (nSPS) is 30.7. The highest BCUT2D eigenvalue weighted by atomic mass is 16.3. The van der Waals surface area contributed by atoms with E-state index < -0.39 is 77.2 Å². The van der Waals surface area contributed by atoms with Crippen molar-refractivity contribution in [3.63, 3.8) is 0 Å². The lowest BCUT2D eigenvalue weighted by Gasteiger charge is -2.56. The third-order valence-corrected chi connectivity index (χ3v) is 16.9. The first-order valence-electron chi connectivity index (χ1n) is 26.5. The summed E-state index contributed by atoms with van der Waals surface area (Å²) >= 11 is 0. The van der Waals surface area contributed by atoms with Gasteiger partial charge in [0.1, 0.15) is 18.0 Å². The zero-order valence-electron chi connectivity index (χ0n) is 44.0. The van der Waals surface area contributed by atoms with E-state index in [0.29, 0.717) is 71.9 Å². The largest absolute Gasteiger partial charge is 0.508 e. The molecular weight excluding hydrogens is 949 g/mol. The zero-order chi connectivity index (χ0) is 54.4. The van der Waals surface area contributed by atoms with Crippen molar-refractivity contribution in [1.82, 2.24) is 10.6 Å². The molecule has 0 saturated heterocycles. The van der Waals surface area contributed by atoms with Crippen LogP contribution in [0.3, 0.4) is 0 Å². The molecule has 0 unspecified atom stereocenters. The van der Waals surface area contributed by atoms with Crippen molar-refractivity contribution < 1.29 is 45.3 Å². The minimum absolute atomic E-state index is 0.0660. The highest BCUT2D eigenvalue weighted by molar-refractivity contribution is 5.98. The van der Waals surface area contributed by atoms with E-state index in [1.165, 1.54) is 0 Å². The van der Waals surface area contributed by atoms with Crippen LogP contribution in [0.2, 0.25) is 0 Å². The third-order valence-electron chi connectivity index (χ3n) is 16.9. The molecule has 0 aromatic heterocycles. The van der Waals surface area contributed by atoms with Gasteiger partial charge in [0.15, 0.2) is 11.7 Å². The van der Waals surface area contributed by atoms with Gasteiger partial charge in [-0.3, -0.25) is 19.9 Å². The monoisotopic (exact) mass is 1030 g/mol. The molecule has 1 spiro atoms. The number of Topliss-reactive ketones (excluding diaryl/α,β-unsaturated/α-hetero) is 1. The molecule has 7 rings (SSSR count). The summed E-state index contributed by atoms with van der Waals surface area (Å²) in [5.74, 6) is -2.84. The fraction of sp³-hybridized carbons (Fsp3) is 0.483. The van der Waals surface area contributed by atoms with Crippen molar-refractivity contribution >= 4 is 17.6 Å². The Balaban J connectivity index is 1.31. The molecule has 15 N–H and O–H groups in total. The molecule has 1 amide bonds. The van der Waals surface area contributed by atoms with E-state index in [9.17, 15) is 40.5 Å². The zero-order valence-corrected chi connectivity index (χ0v) is 44.0. The molecule has 75 heavy (non-hydrogen) atoms. The Morgan fingerprint density at radius 3 is 2.37 bits per heavy atom. The first-order chi connectivity index (χ1) is 35.6. The van der Waals surface area contributed by atoms with Gasteiger partial charge >= 0.3 is 0 Å². The topological polar surface area (TPSA) is 290 Å². The van der Waals surface area contributed by atoms with Gasteiger partial charge in [0.05, 0.1) is 36.6 Å². The number of guanidine groups is 1. The number of ketones is 1. The molecule has 3 aromatic rings. The van der Waals surface area contributed by atoms with Crippen molar-refractivity contribution in [2.24, 2.45) is 45.4 Å². The van der Waals surface area contributed by atoms with Crippen LogP contribution in [0.4, 0.5) is 0 Å². The number of allylic oxidation sites excluding steroid dienone is 5. The number of aliphatic hydroxyl groups excluding tert-OH is 5. The number of carbonyl (C=O) groups excluding carboxylic acids is 2. The van der Waals surface area contributed by atoms with Crippen molar-refractivity contribution in [3.05, 3.63) is 159 Å². The van der Waals surface area contributed by atoms with Crippen LogP contribution < -0.4 is 27.8 Å². The van der Waals surface area contributed by atoms with Crippen LogP contribution in [-0.4, -0.2) is 103 Å². The molecule has 15 heteroatoms. The van der Waals surface area contributed by atoms with Crippen molar-refractivity contribution in [1.29, 1.82) is 0 Å². The van der Waals surface area contributed by atoms with Crippen LogP contribution >= 0.6 is 0 Å². The summed E-state index contributed by atoms with van der Waals surface area (Å²) in [6, 6.07) is 18.9. The second-order valence-electron chi connectivity index (χ2n) is 22.0. The molecule has 12 atom stereocenters. The number of amides is 1. The van der Waals surface area contributed by atoms with E-state index in [0.717, 1.165) is 27.8 Å². The third kappa shape index (κ3) is 12.8. The number of phenolic OH excluding ortho intramolecular Hbond substituents is 1. The van der Waals surface area contributed by atoms with Gasteiger partial charge < -0.3 is 58.3 Å². The van der Waals surface area contributed by atoms with E-state index in [1.54, 1.807) is 62.4 Å². The lowest BCUT2D eigenvalue weighted by molar-refractivity contribution is -0.168. The molecule has 2 fully saturated rings. The summed E-state index contributed by atoms with van der Waals surface area (Å²) in [5, 5.41) is 87.9. The van der Waals surface area contributed by atoms with Gasteiger partial charge in [0.2, 0.25) is 5.91 Å². The minimum atomic E-state index is -1.41. The predicted octanol–water partition coefficient (Wildman–Crippen LogP) is 5.18. The maximum Gasteiger partial charge on any atom is 0.243 e. The molecule has 2 aliphatic heterocycles. The summed E-state index contributed by atoms with van der Waals surface area (Å²) in [5.41, 5.74) is 23.4. The van der Waals surface area contributed by atoms with Crippen LogP contribution in [0.15, 0.2) is 130 Å². The van der Waals surface area contributed by atoms with Crippen molar-refractivity contribution in [2.75, 3.05) is 19.7 Å². The molecule has 3 aromatic carbocycles. The van der Waals surface area contributed by atoms with E-state index in [-0.39, 0.29) is 62.9 Å². The highest BCUT2D eigenvalue weighted by Gasteiger charge is 2.64. The number of rotatable bonds is 11. The first-order valence-corrected chi connectivity index (χ1v) is 26.5. The molecule has 0 radical (unpaired) electrons.